The molecule has 5 atom stereocenters. The van der Waals surface area contributed by atoms with Crippen molar-refractivity contribution in [2.75, 3.05) is 13.2 Å². The Hall–Kier alpha value is -3.58. The number of thioether (sulfide) groups is 1. The molecule has 0 saturated carbocycles. The van der Waals surface area contributed by atoms with Crippen molar-refractivity contribution < 1.29 is 34.1 Å². The average Bonchev–Trinajstić information content (AvgIpc) is 3.56. The zero-order valence-corrected chi connectivity index (χ0v) is 22.7. The van der Waals surface area contributed by atoms with Crippen molar-refractivity contribution in [3.8, 4) is 0 Å². The fraction of sp³-hybridized carbons (Fsp3) is 0.500. The summed E-state index contributed by atoms with van der Waals surface area (Å²) in [6.07, 6.45) is 7.78. The first-order chi connectivity index (χ1) is 18.5. The summed E-state index contributed by atoms with van der Waals surface area (Å²) in [5.41, 5.74) is 5.61. The third-order valence-corrected chi connectivity index (χ3v) is 9.22. The van der Waals surface area contributed by atoms with E-state index in [1.54, 1.807) is 17.4 Å². The van der Waals surface area contributed by atoms with Crippen LogP contribution in [-0.4, -0.2) is 83.6 Å². The van der Waals surface area contributed by atoms with Crippen LogP contribution in [-0.2, 0) is 25.7 Å². The maximum absolute atomic E-state index is 13.1. The summed E-state index contributed by atoms with van der Waals surface area (Å²) in [6, 6.07) is -0.459. The number of carboxylic acids is 1. The molecule has 4 rings (SSSR count). The highest BCUT2D eigenvalue weighted by Crippen LogP contribution is 2.56. The lowest BCUT2D eigenvalue weighted by molar-refractivity contribution is -0.163. The number of aliphatic carboxylic acids is 1. The molecule has 210 valence electrons. The molecule has 0 aromatic carbocycles. The monoisotopic (exact) mass is 559 g/mol. The van der Waals surface area contributed by atoms with Gasteiger partial charge in [-0.05, 0) is 32.3 Å². The number of carbonyl (C=O) groups is 4. The van der Waals surface area contributed by atoms with Gasteiger partial charge in [-0.2, -0.15) is 0 Å². The number of imidazole rings is 1. The van der Waals surface area contributed by atoms with Crippen molar-refractivity contribution in [1.82, 2.24) is 19.4 Å². The molecule has 12 nitrogen and oxygen atoms in total. The molecule has 0 bridgehead atoms. The number of aliphatic hydroxyl groups excluding tert-OH is 1. The van der Waals surface area contributed by atoms with E-state index in [0.29, 0.717) is 43.0 Å². The summed E-state index contributed by atoms with van der Waals surface area (Å²) in [4.78, 5) is 56.2. The molecule has 0 unspecified atom stereocenters. The number of likely N-dealkylation sites (tertiary alicyclic amines) is 1. The molecule has 39 heavy (non-hydrogen) atoms. The second-order valence-electron chi connectivity index (χ2n) is 9.96. The van der Waals surface area contributed by atoms with Gasteiger partial charge in [0.05, 0.1) is 35.0 Å². The minimum absolute atomic E-state index is 0.0348. The number of hydrogen-bond donors (Lipinski definition) is 3. The number of aromatic nitrogens is 2. The van der Waals surface area contributed by atoms with E-state index in [2.05, 4.69) is 11.6 Å². The predicted octanol–water partition coefficient (Wildman–Crippen LogP) is 1.77. The van der Waals surface area contributed by atoms with Crippen molar-refractivity contribution in [2.24, 2.45) is 17.6 Å². The maximum Gasteiger partial charge on any atom is 0.411 e. The van der Waals surface area contributed by atoms with Gasteiger partial charge in [-0.25, -0.2) is 14.6 Å². The smallest absolute Gasteiger partial charge is 0.411 e. The van der Waals surface area contributed by atoms with Gasteiger partial charge in [0.15, 0.2) is 0 Å². The van der Waals surface area contributed by atoms with Gasteiger partial charge >= 0.3 is 12.1 Å². The van der Waals surface area contributed by atoms with Gasteiger partial charge in [0.2, 0.25) is 11.8 Å². The minimum Gasteiger partial charge on any atom is -0.477 e. The fourth-order valence-corrected chi connectivity index (χ4v) is 7.39. The van der Waals surface area contributed by atoms with E-state index in [0.717, 1.165) is 0 Å². The summed E-state index contributed by atoms with van der Waals surface area (Å²) in [5.74, 6) is -3.25. The average molecular weight is 560 g/mol. The topological polar surface area (TPSA) is 168 Å². The second-order valence-corrected chi connectivity index (χ2v) is 11.4. The lowest BCUT2D eigenvalue weighted by Crippen LogP contribution is -2.63. The van der Waals surface area contributed by atoms with Crippen LogP contribution in [0.3, 0.4) is 0 Å². The molecular formula is C26H33N5O7S. The van der Waals surface area contributed by atoms with Gasteiger partial charge in [-0.15, -0.1) is 0 Å². The van der Waals surface area contributed by atoms with Crippen molar-refractivity contribution >= 4 is 41.7 Å². The number of primary amides is 1. The largest absolute Gasteiger partial charge is 0.477 e. The van der Waals surface area contributed by atoms with Crippen LogP contribution in [0.1, 0.15) is 38.8 Å². The van der Waals surface area contributed by atoms with Gasteiger partial charge in [0.1, 0.15) is 12.3 Å². The normalized spacial score (nSPS) is 27.1. The molecule has 1 aromatic rings. The number of ether oxygens (including phenoxy) is 1. The van der Waals surface area contributed by atoms with E-state index in [9.17, 15) is 29.4 Å². The van der Waals surface area contributed by atoms with E-state index in [-0.39, 0.29) is 18.2 Å². The van der Waals surface area contributed by atoms with Crippen molar-refractivity contribution in [3.63, 3.8) is 0 Å². The standard InChI is InChI=1S/C26H33N5O7S/c1-4-12-38-25(37)30-10-5-8-26(30,9-11-29-13-17(28-14-29)6-7-18(27)33)39-22-15(2)20-19(16(3)32)23(34)31(20)21(22)24(35)36/h4,6-7,13-16,19-20,32H,1,5,8-12H2,2-3H3,(H2,27,33)(H,35,36)/t15-,16+,19+,20+,26+/m0/s1. The van der Waals surface area contributed by atoms with Crippen molar-refractivity contribution in [1.29, 1.82) is 0 Å². The quantitative estimate of drug-likeness (QED) is 0.208. The first kappa shape index (κ1) is 28.4. The summed E-state index contributed by atoms with van der Waals surface area (Å²) in [5, 5.41) is 20.3. The SMILES string of the molecule is C=CCOC(=O)N1CCC[C@]1(CCn1cnc(C=CC(N)=O)c1)SC1=C(C(=O)O)N2C(=O)[C@H]([C@@H](C)O)[C@H]2[C@@H]1C. The van der Waals surface area contributed by atoms with E-state index in [4.69, 9.17) is 10.5 Å². The summed E-state index contributed by atoms with van der Waals surface area (Å²) in [7, 11) is 0. The van der Waals surface area contributed by atoms with Crippen molar-refractivity contribution in [3.05, 3.63) is 47.6 Å². The van der Waals surface area contributed by atoms with Crippen LogP contribution in [0, 0.1) is 11.8 Å². The first-order valence-electron chi connectivity index (χ1n) is 12.7. The molecule has 3 aliphatic rings. The third-order valence-electron chi connectivity index (χ3n) is 7.43. The van der Waals surface area contributed by atoms with E-state index in [1.807, 2.05) is 11.5 Å². The van der Waals surface area contributed by atoms with Crippen LogP contribution >= 0.6 is 11.8 Å². The molecule has 4 N–H and O–H groups in total. The van der Waals surface area contributed by atoms with Gasteiger partial charge in [0.25, 0.3) is 0 Å². The van der Waals surface area contributed by atoms with Crippen LogP contribution < -0.4 is 5.73 Å². The highest BCUT2D eigenvalue weighted by atomic mass is 32.2. The highest BCUT2D eigenvalue weighted by molar-refractivity contribution is 8.04. The number of β-lactam (4-membered cyclic amide) rings is 1. The second kappa shape index (κ2) is 11.3. The molecule has 3 amide bonds. The Bertz CT molecular complexity index is 1240. The summed E-state index contributed by atoms with van der Waals surface area (Å²) >= 11 is 1.29. The van der Waals surface area contributed by atoms with Crippen LogP contribution in [0.2, 0.25) is 0 Å². The number of nitrogens with zero attached hydrogens (tertiary/aromatic N) is 4. The fourth-order valence-electron chi connectivity index (χ4n) is 5.65. The zero-order chi connectivity index (χ0) is 28.5. The lowest BCUT2D eigenvalue weighted by Gasteiger charge is -2.46. The number of carbonyl (C=O) groups excluding carboxylic acids is 3. The molecule has 3 aliphatic heterocycles. The Morgan fingerprint density at radius 1 is 1.41 bits per heavy atom. The number of rotatable bonds is 11. The molecule has 1 aromatic heterocycles. The highest BCUT2D eigenvalue weighted by Gasteiger charge is 2.61. The van der Waals surface area contributed by atoms with Gasteiger partial charge in [0, 0.05) is 36.2 Å². The van der Waals surface area contributed by atoms with E-state index >= 15 is 0 Å². The molecule has 0 radical (unpaired) electrons. The number of aryl methyl sites for hydroxylation is 1. The molecular weight excluding hydrogens is 526 g/mol. The Labute approximate surface area is 230 Å². The van der Waals surface area contributed by atoms with Crippen molar-refractivity contribution in [2.45, 2.75) is 56.7 Å². The molecule has 2 saturated heterocycles. The van der Waals surface area contributed by atoms with Crippen LogP contribution in [0.4, 0.5) is 4.79 Å². The first-order valence-corrected chi connectivity index (χ1v) is 13.5. The number of carboxylic acid groups (broad SMARTS) is 1. The summed E-state index contributed by atoms with van der Waals surface area (Å²) in [6.45, 7) is 7.88. The molecule has 2 fully saturated rings. The van der Waals surface area contributed by atoms with Crippen LogP contribution in [0.25, 0.3) is 6.08 Å². The van der Waals surface area contributed by atoms with Crippen LogP contribution in [0.15, 0.2) is 41.9 Å². The maximum atomic E-state index is 13.1. The molecule has 13 heteroatoms. The number of amides is 3. The molecule has 4 heterocycles. The zero-order valence-electron chi connectivity index (χ0n) is 21.9. The van der Waals surface area contributed by atoms with Gasteiger partial charge < -0.3 is 30.2 Å². The van der Waals surface area contributed by atoms with Gasteiger partial charge in [-0.3, -0.25) is 14.5 Å². The molecule has 0 aliphatic carbocycles. The Morgan fingerprint density at radius 2 is 2.15 bits per heavy atom. The Morgan fingerprint density at radius 3 is 2.79 bits per heavy atom. The Kier molecular flexibility index (Phi) is 8.21. The Balaban J connectivity index is 1.66. The predicted molar refractivity (Wildman–Crippen MR) is 143 cm³/mol. The third kappa shape index (κ3) is 5.33. The molecule has 0 spiro atoms. The number of nitrogens with two attached hydrogens (primary N) is 1. The number of hydrogen-bond acceptors (Lipinski definition) is 8. The minimum atomic E-state index is -1.22. The summed E-state index contributed by atoms with van der Waals surface area (Å²) < 4.78 is 7.20. The van der Waals surface area contributed by atoms with E-state index < -0.39 is 46.8 Å². The lowest BCUT2D eigenvalue weighted by atomic mass is 9.79. The van der Waals surface area contributed by atoms with E-state index in [1.165, 1.54) is 41.8 Å². The van der Waals surface area contributed by atoms with Gasteiger partial charge in [-0.1, -0.05) is 31.3 Å². The number of fused-ring (bicyclic) bond motifs is 1. The number of aliphatic hydroxyl groups is 1. The van der Waals surface area contributed by atoms with Crippen LogP contribution in [0.5, 0.6) is 0 Å².